The first kappa shape index (κ1) is 11.4. The molecule has 0 amide bonds. The van der Waals surface area contributed by atoms with E-state index in [1.807, 2.05) is 0 Å². The van der Waals surface area contributed by atoms with Crippen LogP contribution in [-0.4, -0.2) is 29.3 Å². The van der Waals surface area contributed by atoms with Crippen molar-refractivity contribution in [3.63, 3.8) is 0 Å². The van der Waals surface area contributed by atoms with E-state index in [2.05, 4.69) is 0 Å². The van der Waals surface area contributed by atoms with E-state index in [0.29, 0.717) is 11.3 Å². The number of aliphatic carboxylic acids is 2. The van der Waals surface area contributed by atoms with Crippen LogP contribution < -0.4 is 4.74 Å². The van der Waals surface area contributed by atoms with Crippen LogP contribution in [0, 0.1) is 5.92 Å². The van der Waals surface area contributed by atoms with Gasteiger partial charge in [-0.2, -0.15) is 0 Å². The van der Waals surface area contributed by atoms with E-state index in [9.17, 15) is 14.7 Å². The Morgan fingerprint density at radius 2 is 1.88 bits per heavy atom. The number of carboxylic acids is 2. The third-order valence-electron chi connectivity index (χ3n) is 3.25. The van der Waals surface area contributed by atoms with Gasteiger partial charge in [0.1, 0.15) is 11.2 Å². The van der Waals surface area contributed by atoms with Crippen molar-refractivity contribution in [2.75, 3.05) is 7.11 Å². The Morgan fingerprint density at radius 1 is 1.29 bits per heavy atom. The molecule has 5 nitrogen and oxygen atoms in total. The molecule has 1 fully saturated rings. The molecule has 0 aliphatic heterocycles. The van der Waals surface area contributed by atoms with Crippen LogP contribution in [0.2, 0.25) is 0 Å². The highest BCUT2D eigenvalue weighted by atomic mass is 16.5. The molecule has 0 bridgehead atoms. The van der Waals surface area contributed by atoms with Crippen LogP contribution >= 0.6 is 0 Å². The standard InChI is InChI=1S/C12H12O5/c1-17-8-4-2-7(3-5-8)12(11(15)16)6-9(12)10(13)14/h2-5,9H,6H2,1H3,(H,13,14)(H,15,16)/t9-,12+/m1/s1. The summed E-state index contributed by atoms with van der Waals surface area (Å²) in [5, 5.41) is 18.1. The number of carboxylic acid groups (broad SMARTS) is 2. The minimum atomic E-state index is -1.27. The molecule has 2 atom stereocenters. The number of hydrogen-bond donors (Lipinski definition) is 2. The normalized spacial score (nSPS) is 26.3. The van der Waals surface area contributed by atoms with Crippen molar-refractivity contribution in [2.24, 2.45) is 5.92 Å². The van der Waals surface area contributed by atoms with E-state index in [-0.39, 0.29) is 6.42 Å². The smallest absolute Gasteiger partial charge is 0.315 e. The largest absolute Gasteiger partial charge is 0.497 e. The van der Waals surface area contributed by atoms with Crippen molar-refractivity contribution in [1.29, 1.82) is 0 Å². The fourth-order valence-corrected chi connectivity index (χ4v) is 2.13. The molecule has 0 spiro atoms. The highest BCUT2D eigenvalue weighted by Crippen LogP contribution is 2.54. The summed E-state index contributed by atoms with van der Waals surface area (Å²) in [4.78, 5) is 22.1. The average molecular weight is 236 g/mol. The molecule has 5 heteroatoms. The summed E-state index contributed by atoms with van der Waals surface area (Å²) < 4.78 is 4.97. The topological polar surface area (TPSA) is 83.8 Å². The predicted octanol–water partition coefficient (Wildman–Crippen LogP) is 1.12. The van der Waals surface area contributed by atoms with Gasteiger partial charge in [0, 0.05) is 0 Å². The highest BCUT2D eigenvalue weighted by Gasteiger charge is 2.65. The zero-order valence-corrected chi connectivity index (χ0v) is 9.21. The summed E-state index contributed by atoms with van der Waals surface area (Å²) in [6.07, 6.45) is 0.143. The summed E-state index contributed by atoms with van der Waals surface area (Å²) in [7, 11) is 1.51. The van der Waals surface area contributed by atoms with Gasteiger partial charge in [0.25, 0.3) is 0 Å². The molecule has 1 aromatic carbocycles. The van der Waals surface area contributed by atoms with Gasteiger partial charge in [0.15, 0.2) is 0 Å². The van der Waals surface area contributed by atoms with Crippen molar-refractivity contribution in [1.82, 2.24) is 0 Å². The minimum absolute atomic E-state index is 0.143. The van der Waals surface area contributed by atoms with Crippen LogP contribution in [0.1, 0.15) is 12.0 Å². The Hall–Kier alpha value is -2.04. The number of carbonyl (C=O) groups is 2. The van der Waals surface area contributed by atoms with Crippen LogP contribution in [0.3, 0.4) is 0 Å². The van der Waals surface area contributed by atoms with E-state index in [1.165, 1.54) is 7.11 Å². The summed E-state index contributed by atoms with van der Waals surface area (Å²) >= 11 is 0. The maximum atomic E-state index is 11.3. The van der Waals surface area contributed by atoms with Gasteiger partial charge in [-0.3, -0.25) is 9.59 Å². The lowest BCUT2D eigenvalue weighted by molar-refractivity contribution is -0.145. The van der Waals surface area contributed by atoms with Gasteiger partial charge < -0.3 is 14.9 Å². The summed E-state index contributed by atoms with van der Waals surface area (Å²) in [5.74, 6) is -2.38. The van der Waals surface area contributed by atoms with E-state index in [1.54, 1.807) is 24.3 Å². The van der Waals surface area contributed by atoms with Crippen LogP contribution in [0.25, 0.3) is 0 Å². The maximum Gasteiger partial charge on any atom is 0.315 e. The van der Waals surface area contributed by atoms with Crippen molar-refractivity contribution >= 4 is 11.9 Å². The second-order valence-corrected chi connectivity index (χ2v) is 4.10. The monoisotopic (exact) mass is 236 g/mol. The van der Waals surface area contributed by atoms with E-state index in [0.717, 1.165) is 0 Å². The third kappa shape index (κ3) is 1.63. The summed E-state index contributed by atoms with van der Waals surface area (Å²) in [6, 6.07) is 6.49. The van der Waals surface area contributed by atoms with Gasteiger partial charge >= 0.3 is 11.9 Å². The predicted molar refractivity (Wildman–Crippen MR) is 58.1 cm³/mol. The van der Waals surface area contributed by atoms with Gasteiger partial charge in [0.2, 0.25) is 0 Å². The number of rotatable bonds is 4. The quantitative estimate of drug-likeness (QED) is 0.818. The van der Waals surface area contributed by atoms with Crippen LogP contribution in [0.5, 0.6) is 5.75 Å². The number of hydrogen-bond acceptors (Lipinski definition) is 3. The van der Waals surface area contributed by atoms with Crippen LogP contribution in [0.15, 0.2) is 24.3 Å². The van der Waals surface area contributed by atoms with Crippen molar-refractivity contribution in [3.8, 4) is 5.75 Å². The van der Waals surface area contributed by atoms with Crippen molar-refractivity contribution < 1.29 is 24.5 Å². The molecule has 1 aromatic rings. The molecule has 1 saturated carbocycles. The molecule has 0 unspecified atom stereocenters. The Bertz CT molecular complexity index is 464. The fraction of sp³-hybridized carbons (Fsp3) is 0.333. The average Bonchev–Trinajstić information content (AvgIpc) is 3.06. The summed E-state index contributed by atoms with van der Waals surface area (Å²) in [5.41, 5.74) is -0.754. The van der Waals surface area contributed by atoms with E-state index < -0.39 is 23.3 Å². The van der Waals surface area contributed by atoms with E-state index >= 15 is 0 Å². The molecule has 0 aromatic heterocycles. The first-order valence-electron chi connectivity index (χ1n) is 5.13. The Labute approximate surface area is 97.6 Å². The second kappa shape index (κ2) is 3.76. The molecule has 2 N–H and O–H groups in total. The van der Waals surface area contributed by atoms with Gasteiger partial charge in [-0.1, -0.05) is 12.1 Å². The molecule has 90 valence electrons. The minimum Gasteiger partial charge on any atom is -0.497 e. The molecular weight excluding hydrogens is 224 g/mol. The fourth-order valence-electron chi connectivity index (χ4n) is 2.13. The first-order chi connectivity index (χ1) is 8.02. The van der Waals surface area contributed by atoms with Crippen LogP contribution in [-0.2, 0) is 15.0 Å². The number of benzene rings is 1. The Kier molecular flexibility index (Phi) is 2.53. The lowest BCUT2D eigenvalue weighted by Crippen LogP contribution is -2.25. The van der Waals surface area contributed by atoms with Gasteiger partial charge in [-0.25, -0.2) is 0 Å². The SMILES string of the molecule is COc1ccc([C@@]2(C(=O)O)C[C@@H]2C(=O)O)cc1. The Morgan fingerprint density at radius 3 is 2.24 bits per heavy atom. The molecule has 0 saturated heterocycles. The third-order valence-corrected chi connectivity index (χ3v) is 3.25. The molecule has 0 radical (unpaired) electrons. The zero-order chi connectivity index (χ0) is 12.6. The Balaban J connectivity index is 2.36. The molecule has 2 rings (SSSR count). The van der Waals surface area contributed by atoms with Crippen LogP contribution in [0.4, 0.5) is 0 Å². The van der Waals surface area contributed by atoms with Gasteiger partial charge in [0.05, 0.1) is 13.0 Å². The molecular formula is C12H12O5. The number of methoxy groups -OCH3 is 1. The number of ether oxygens (including phenoxy) is 1. The lowest BCUT2D eigenvalue weighted by atomic mass is 9.93. The van der Waals surface area contributed by atoms with Crippen molar-refractivity contribution in [2.45, 2.75) is 11.8 Å². The van der Waals surface area contributed by atoms with Crippen molar-refractivity contribution in [3.05, 3.63) is 29.8 Å². The lowest BCUT2D eigenvalue weighted by Gasteiger charge is -2.12. The second-order valence-electron chi connectivity index (χ2n) is 4.10. The molecule has 17 heavy (non-hydrogen) atoms. The molecule has 1 aliphatic carbocycles. The van der Waals surface area contributed by atoms with E-state index in [4.69, 9.17) is 9.84 Å². The highest BCUT2D eigenvalue weighted by molar-refractivity contribution is 5.94. The first-order valence-corrected chi connectivity index (χ1v) is 5.13. The molecule has 1 aliphatic rings. The summed E-state index contributed by atoms with van der Waals surface area (Å²) in [6.45, 7) is 0. The van der Waals surface area contributed by atoms with Gasteiger partial charge in [-0.05, 0) is 24.1 Å². The molecule has 0 heterocycles. The maximum absolute atomic E-state index is 11.3. The van der Waals surface area contributed by atoms with Gasteiger partial charge in [-0.15, -0.1) is 0 Å². The zero-order valence-electron chi connectivity index (χ0n) is 9.21.